The molecule has 1 aliphatic rings. The summed E-state index contributed by atoms with van der Waals surface area (Å²) in [6.07, 6.45) is 4.41. The molecule has 2 aromatic rings. The lowest BCUT2D eigenvalue weighted by atomic mass is 10.1. The number of nitrogens with zero attached hydrogens (tertiary/aromatic N) is 2. The normalized spacial score (nSPS) is 14.1. The summed E-state index contributed by atoms with van der Waals surface area (Å²) in [7, 11) is 4.05. The fourth-order valence-corrected chi connectivity index (χ4v) is 4.12. The summed E-state index contributed by atoms with van der Waals surface area (Å²) in [5, 5.41) is 7.83. The minimum absolute atomic E-state index is 0.0865. The van der Waals surface area contributed by atoms with Gasteiger partial charge in [0.2, 0.25) is 0 Å². The second-order valence-corrected chi connectivity index (χ2v) is 8.57. The van der Waals surface area contributed by atoms with Crippen LogP contribution in [0.5, 0.6) is 0 Å². The predicted octanol–water partition coefficient (Wildman–Crippen LogP) is 3.67. The van der Waals surface area contributed by atoms with Crippen LogP contribution in [0.4, 0.5) is 11.4 Å². The van der Waals surface area contributed by atoms with Gasteiger partial charge in [0.15, 0.2) is 0 Å². The molecule has 0 spiro atoms. The van der Waals surface area contributed by atoms with Crippen LogP contribution in [-0.4, -0.2) is 57.0 Å². The molecular formula is C22H30N4O2S. The van der Waals surface area contributed by atoms with Crippen LogP contribution < -0.4 is 15.5 Å². The summed E-state index contributed by atoms with van der Waals surface area (Å²) in [6.45, 7) is 3.47. The summed E-state index contributed by atoms with van der Waals surface area (Å²) in [5.41, 5.74) is 2.22. The monoisotopic (exact) mass is 414 g/mol. The number of nitrogens with one attached hydrogen (secondary N) is 2. The molecule has 0 aliphatic carbocycles. The van der Waals surface area contributed by atoms with Crippen LogP contribution in [-0.2, 0) is 0 Å². The van der Waals surface area contributed by atoms with E-state index in [-0.39, 0.29) is 11.8 Å². The minimum Gasteiger partial charge on any atom is -0.371 e. The van der Waals surface area contributed by atoms with Crippen molar-refractivity contribution in [3.63, 3.8) is 0 Å². The van der Waals surface area contributed by atoms with Crippen LogP contribution in [0.2, 0.25) is 0 Å². The van der Waals surface area contributed by atoms with E-state index in [0.29, 0.717) is 22.7 Å². The fourth-order valence-electron chi connectivity index (χ4n) is 3.50. The SMILES string of the molecule is CN(C)CCCNC(=O)c1cc(NC(=O)c2cccs2)ccc1N1CCCCC1. The Bertz CT molecular complexity index is 814. The van der Waals surface area contributed by atoms with Gasteiger partial charge in [-0.2, -0.15) is 0 Å². The highest BCUT2D eigenvalue weighted by Gasteiger charge is 2.20. The van der Waals surface area contributed by atoms with Gasteiger partial charge in [-0.1, -0.05) is 6.07 Å². The molecule has 7 heteroatoms. The Morgan fingerprint density at radius 2 is 1.90 bits per heavy atom. The van der Waals surface area contributed by atoms with Gasteiger partial charge in [-0.15, -0.1) is 11.3 Å². The summed E-state index contributed by atoms with van der Waals surface area (Å²) >= 11 is 1.40. The molecule has 29 heavy (non-hydrogen) atoms. The van der Waals surface area contributed by atoms with E-state index in [0.717, 1.165) is 44.6 Å². The van der Waals surface area contributed by atoms with Crippen molar-refractivity contribution >= 4 is 34.5 Å². The molecule has 2 heterocycles. The maximum atomic E-state index is 13.0. The molecule has 6 nitrogen and oxygen atoms in total. The van der Waals surface area contributed by atoms with Crippen molar-refractivity contribution in [1.29, 1.82) is 0 Å². The zero-order valence-electron chi connectivity index (χ0n) is 17.2. The summed E-state index contributed by atoms with van der Waals surface area (Å²) in [6, 6.07) is 9.30. The van der Waals surface area contributed by atoms with Crippen molar-refractivity contribution in [3.8, 4) is 0 Å². The largest absolute Gasteiger partial charge is 0.371 e. The molecule has 2 N–H and O–H groups in total. The molecule has 2 amide bonds. The van der Waals surface area contributed by atoms with Crippen LogP contribution in [0, 0.1) is 0 Å². The van der Waals surface area contributed by atoms with Gasteiger partial charge >= 0.3 is 0 Å². The lowest BCUT2D eigenvalue weighted by Gasteiger charge is -2.30. The molecule has 156 valence electrons. The highest BCUT2D eigenvalue weighted by molar-refractivity contribution is 7.12. The van der Waals surface area contributed by atoms with Crippen molar-refractivity contribution in [3.05, 3.63) is 46.2 Å². The average Bonchev–Trinajstić information content (AvgIpc) is 3.26. The number of piperidine rings is 1. The first kappa shape index (κ1) is 21.3. The van der Waals surface area contributed by atoms with E-state index in [2.05, 4.69) is 20.4 Å². The zero-order chi connectivity index (χ0) is 20.6. The number of carbonyl (C=O) groups is 2. The molecule has 1 fully saturated rings. The molecule has 1 aromatic carbocycles. The van der Waals surface area contributed by atoms with Gasteiger partial charge in [0.05, 0.1) is 10.4 Å². The van der Waals surface area contributed by atoms with E-state index >= 15 is 0 Å². The van der Waals surface area contributed by atoms with Crippen molar-refractivity contribution in [1.82, 2.24) is 10.2 Å². The summed E-state index contributed by atoms with van der Waals surface area (Å²) < 4.78 is 0. The number of hydrogen-bond acceptors (Lipinski definition) is 5. The first-order valence-electron chi connectivity index (χ1n) is 10.2. The molecule has 0 bridgehead atoms. The molecule has 0 saturated carbocycles. The van der Waals surface area contributed by atoms with Crippen LogP contribution in [0.15, 0.2) is 35.7 Å². The first-order valence-corrected chi connectivity index (χ1v) is 11.1. The Morgan fingerprint density at radius 1 is 1.10 bits per heavy atom. The Kier molecular flexibility index (Phi) is 7.66. The number of carbonyl (C=O) groups excluding carboxylic acids is 2. The minimum atomic E-state index is -0.150. The third-order valence-corrected chi connectivity index (χ3v) is 5.88. The first-order chi connectivity index (χ1) is 14.0. The molecule has 0 atom stereocenters. The van der Waals surface area contributed by atoms with Crippen molar-refractivity contribution in [2.75, 3.05) is 50.5 Å². The Balaban J connectivity index is 1.76. The standard InChI is InChI=1S/C22H30N4O2S/c1-25(2)12-7-11-23-21(27)18-16-17(24-22(28)20-8-6-15-29-20)9-10-19(18)26-13-4-3-5-14-26/h6,8-10,15-16H,3-5,7,11-14H2,1-2H3,(H,23,27)(H,24,28). The lowest BCUT2D eigenvalue weighted by molar-refractivity contribution is 0.0951. The number of amides is 2. The molecule has 0 radical (unpaired) electrons. The van der Waals surface area contributed by atoms with Gasteiger partial charge < -0.3 is 20.4 Å². The van der Waals surface area contributed by atoms with E-state index < -0.39 is 0 Å². The van der Waals surface area contributed by atoms with Gasteiger partial charge in [-0.25, -0.2) is 0 Å². The van der Waals surface area contributed by atoms with E-state index in [1.807, 2.05) is 37.7 Å². The number of benzene rings is 1. The molecule has 1 saturated heterocycles. The van der Waals surface area contributed by atoms with Gasteiger partial charge in [0.1, 0.15) is 0 Å². The maximum Gasteiger partial charge on any atom is 0.265 e. The third kappa shape index (κ3) is 6.05. The number of anilines is 2. The summed E-state index contributed by atoms with van der Waals surface area (Å²) in [5.74, 6) is -0.236. The molecule has 1 aromatic heterocycles. The van der Waals surface area contributed by atoms with Gasteiger partial charge in [0.25, 0.3) is 11.8 Å². The van der Waals surface area contributed by atoms with Crippen LogP contribution >= 0.6 is 11.3 Å². The van der Waals surface area contributed by atoms with Crippen LogP contribution in [0.25, 0.3) is 0 Å². The highest BCUT2D eigenvalue weighted by atomic mass is 32.1. The van der Waals surface area contributed by atoms with E-state index in [1.54, 1.807) is 12.1 Å². The molecular weight excluding hydrogens is 384 g/mol. The van der Waals surface area contributed by atoms with Crippen molar-refractivity contribution in [2.45, 2.75) is 25.7 Å². The second kappa shape index (κ2) is 10.4. The van der Waals surface area contributed by atoms with E-state index in [4.69, 9.17) is 0 Å². The van der Waals surface area contributed by atoms with E-state index in [1.165, 1.54) is 17.8 Å². The van der Waals surface area contributed by atoms with Crippen LogP contribution in [0.1, 0.15) is 45.7 Å². The lowest BCUT2D eigenvalue weighted by Crippen LogP contribution is -2.33. The predicted molar refractivity (Wildman–Crippen MR) is 120 cm³/mol. The van der Waals surface area contributed by atoms with Crippen molar-refractivity contribution in [2.24, 2.45) is 0 Å². The maximum absolute atomic E-state index is 13.0. The van der Waals surface area contributed by atoms with Gasteiger partial charge in [-0.3, -0.25) is 9.59 Å². The molecule has 0 unspecified atom stereocenters. The van der Waals surface area contributed by atoms with Gasteiger partial charge in [0, 0.05) is 31.0 Å². The highest BCUT2D eigenvalue weighted by Crippen LogP contribution is 2.27. The quantitative estimate of drug-likeness (QED) is 0.647. The fraction of sp³-hybridized carbons (Fsp3) is 0.455. The summed E-state index contributed by atoms with van der Waals surface area (Å²) in [4.78, 5) is 30.4. The Hall–Kier alpha value is -2.38. The molecule has 1 aliphatic heterocycles. The van der Waals surface area contributed by atoms with Gasteiger partial charge in [-0.05, 0) is 76.0 Å². The molecule has 3 rings (SSSR count). The second-order valence-electron chi connectivity index (χ2n) is 7.62. The smallest absolute Gasteiger partial charge is 0.265 e. The number of thiophene rings is 1. The zero-order valence-corrected chi connectivity index (χ0v) is 18.1. The Labute approximate surface area is 176 Å². The third-order valence-electron chi connectivity index (χ3n) is 5.01. The average molecular weight is 415 g/mol. The topological polar surface area (TPSA) is 64.7 Å². The number of rotatable bonds is 8. The Morgan fingerprint density at radius 3 is 2.59 bits per heavy atom. The van der Waals surface area contributed by atoms with Crippen molar-refractivity contribution < 1.29 is 9.59 Å². The van der Waals surface area contributed by atoms with E-state index in [9.17, 15) is 9.59 Å². The number of hydrogen-bond donors (Lipinski definition) is 2. The van der Waals surface area contributed by atoms with Crippen LogP contribution in [0.3, 0.4) is 0 Å².